The van der Waals surface area contributed by atoms with E-state index in [1.165, 1.54) is 12.1 Å². The van der Waals surface area contributed by atoms with E-state index in [9.17, 15) is 37.5 Å². The number of alkyl halides is 4. The zero-order valence-corrected chi connectivity index (χ0v) is 29.1. The van der Waals surface area contributed by atoms with Crippen LogP contribution in [0, 0.1) is 0 Å². The quantitative estimate of drug-likeness (QED) is 0.0467. The van der Waals surface area contributed by atoms with Crippen molar-refractivity contribution in [2.45, 2.75) is 43.9 Å². The fourth-order valence-electron chi connectivity index (χ4n) is 4.48. The zero-order chi connectivity index (χ0) is 39.2. The number of carboxylic acids is 1. The van der Waals surface area contributed by atoms with Crippen LogP contribution in [0.4, 0.5) is 18.0 Å². The number of nitrogens with two attached hydrogens (primary N) is 1. The van der Waals surface area contributed by atoms with Crippen LogP contribution < -0.4 is 32.3 Å². The number of carbonyl (C=O) groups is 5. The molecular formula is C35H41ClF3N7O7. The third-order valence-electron chi connectivity index (χ3n) is 7.04. The van der Waals surface area contributed by atoms with Crippen molar-refractivity contribution in [3.05, 3.63) is 102 Å². The predicted molar refractivity (Wildman–Crippen MR) is 191 cm³/mol. The first-order valence-electron chi connectivity index (χ1n) is 16.1. The second kappa shape index (κ2) is 22.9. The highest BCUT2D eigenvalue weighted by molar-refractivity contribution is 6.18. The summed E-state index contributed by atoms with van der Waals surface area (Å²) in [7, 11) is 0. The lowest BCUT2D eigenvalue weighted by Gasteiger charge is -2.23. The number of guanidine groups is 1. The number of aliphatic carboxylic acids is 1. The Labute approximate surface area is 308 Å². The van der Waals surface area contributed by atoms with Crippen LogP contribution in [0.3, 0.4) is 0 Å². The molecule has 18 heteroatoms. The summed E-state index contributed by atoms with van der Waals surface area (Å²) in [6, 6.07) is 23.6. The number of aliphatic imine (C=N–C) groups is 1. The number of hydrogen-bond acceptors (Lipinski definition) is 7. The lowest BCUT2D eigenvalue weighted by atomic mass is 9.90. The second-order valence-electron chi connectivity index (χ2n) is 11.1. The van der Waals surface area contributed by atoms with Gasteiger partial charge < -0.3 is 37.2 Å². The number of carboxylic acid groups (broad SMARTS) is 1. The molecule has 9 N–H and O–H groups in total. The number of rotatable bonds is 16. The van der Waals surface area contributed by atoms with Crippen LogP contribution >= 0.6 is 11.6 Å². The molecule has 0 saturated carbocycles. The topological polar surface area (TPSA) is 224 Å². The Hall–Kier alpha value is -5.84. The maximum absolute atomic E-state index is 13.8. The number of nitrogens with zero attached hydrogens (tertiary/aromatic N) is 1. The van der Waals surface area contributed by atoms with Crippen molar-refractivity contribution in [2.75, 3.05) is 25.5 Å². The van der Waals surface area contributed by atoms with Gasteiger partial charge in [0.25, 0.3) is 0 Å². The number of phenols is 1. The Bertz CT molecular complexity index is 1610. The van der Waals surface area contributed by atoms with Crippen LogP contribution in [0.2, 0.25) is 0 Å². The van der Waals surface area contributed by atoms with Gasteiger partial charge in [-0.15, -0.1) is 11.6 Å². The molecule has 0 aromatic heterocycles. The van der Waals surface area contributed by atoms with Crippen LogP contribution in [-0.2, 0) is 25.7 Å². The number of phenolic OH excluding ortho intramolecular Hbond substituents is 1. The second-order valence-corrected chi connectivity index (χ2v) is 11.5. The third-order valence-corrected chi connectivity index (χ3v) is 7.22. The van der Waals surface area contributed by atoms with Crippen LogP contribution in [0.5, 0.6) is 5.75 Å². The maximum Gasteiger partial charge on any atom is 0.490 e. The summed E-state index contributed by atoms with van der Waals surface area (Å²) in [6.07, 6.45) is -4.28. The van der Waals surface area contributed by atoms with Crippen molar-refractivity contribution in [3.63, 3.8) is 0 Å². The van der Waals surface area contributed by atoms with Gasteiger partial charge in [-0.05, 0) is 41.7 Å². The summed E-state index contributed by atoms with van der Waals surface area (Å²) in [6.45, 7) is 0.796. The number of hydrogen-bond donors (Lipinski definition) is 8. The highest BCUT2D eigenvalue weighted by Gasteiger charge is 2.38. The van der Waals surface area contributed by atoms with E-state index in [-0.39, 0.29) is 74.3 Å². The summed E-state index contributed by atoms with van der Waals surface area (Å²) in [5, 5.41) is 30.0. The number of halogens is 4. The Morgan fingerprint density at radius 1 is 0.811 bits per heavy atom. The molecule has 0 heterocycles. The SMILES string of the molecule is NC(=NCCC[C@@H](NC(=O)C(c1ccccc1)c1ccccc1)C(=O)NCc1ccc(O)cc1)NC(=O)NCCNC(=O)CCCl.O=C(O)C(F)(F)F. The van der Waals surface area contributed by atoms with Gasteiger partial charge in [-0.1, -0.05) is 72.8 Å². The van der Waals surface area contributed by atoms with Crippen LogP contribution in [0.15, 0.2) is 89.9 Å². The Kier molecular flexibility index (Phi) is 18.7. The molecular weight excluding hydrogens is 723 g/mol. The van der Waals surface area contributed by atoms with Gasteiger partial charge in [0.1, 0.15) is 11.8 Å². The molecule has 0 spiro atoms. The Morgan fingerprint density at radius 2 is 1.36 bits per heavy atom. The lowest BCUT2D eigenvalue weighted by Crippen LogP contribution is -2.48. The number of carbonyl (C=O) groups excluding carboxylic acids is 4. The number of urea groups is 1. The van der Waals surface area contributed by atoms with Gasteiger partial charge >= 0.3 is 18.2 Å². The average molecular weight is 764 g/mol. The van der Waals surface area contributed by atoms with Crippen LogP contribution in [-0.4, -0.2) is 83.6 Å². The van der Waals surface area contributed by atoms with Crippen molar-refractivity contribution in [3.8, 4) is 5.75 Å². The molecule has 0 aliphatic heterocycles. The first-order chi connectivity index (χ1) is 25.2. The minimum absolute atomic E-state index is 0.116. The molecule has 0 aliphatic rings. The zero-order valence-electron chi connectivity index (χ0n) is 28.4. The predicted octanol–water partition coefficient (Wildman–Crippen LogP) is 3.10. The third kappa shape index (κ3) is 17.3. The van der Waals surface area contributed by atoms with Gasteiger partial charge in [-0.3, -0.25) is 24.7 Å². The number of benzene rings is 3. The van der Waals surface area contributed by atoms with E-state index in [1.54, 1.807) is 12.1 Å². The molecule has 0 aliphatic carbocycles. The minimum atomic E-state index is -5.08. The van der Waals surface area contributed by atoms with E-state index in [4.69, 9.17) is 27.2 Å². The van der Waals surface area contributed by atoms with Crippen molar-refractivity contribution in [2.24, 2.45) is 10.7 Å². The van der Waals surface area contributed by atoms with Crippen LogP contribution in [0.1, 0.15) is 41.9 Å². The summed E-state index contributed by atoms with van der Waals surface area (Å²) in [4.78, 5) is 63.6. The first kappa shape index (κ1) is 43.3. The number of amides is 5. The van der Waals surface area contributed by atoms with Gasteiger partial charge in [0.05, 0.1) is 5.92 Å². The molecule has 14 nitrogen and oxygen atoms in total. The molecule has 3 aromatic rings. The normalized spacial score (nSPS) is 11.7. The van der Waals surface area contributed by atoms with Crippen molar-refractivity contribution >= 4 is 47.3 Å². The van der Waals surface area contributed by atoms with E-state index in [0.717, 1.165) is 16.7 Å². The largest absolute Gasteiger partial charge is 0.508 e. The minimum Gasteiger partial charge on any atom is -0.508 e. The molecule has 0 unspecified atom stereocenters. The molecule has 0 fully saturated rings. The fourth-order valence-corrected chi connectivity index (χ4v) is 4.65. The molecule has 0 bridgehead atoms. The van der Waals surface area contributed by atoms with Gasteiger partial charge in [0, 0.05) is 38.5 Å². The van der Waals surface area contributed by atoms with E-state index in [0.29, 0.717) is 6.42 Å². The van der Waals surface area contributed by atoms with E-state index < -0.39 is 30.1 Å². The highest BCUT2D eigenvalue weighted by Crippen LogP contribution is 2.25. The van der Waals surface area contributed by atoms with Gasteiger partial charge in [-0.2, -0.15) is 13.2 Å². The summed E-state index contributed by atoms with van der Waals surface area (Å²) in [5.41, 5.74) is 8.19. The molecule has 53 heavy (non-hydrogen) atoms. The molecule has 3 rings (SSSR count). The summed E-state index contributed by atoms with van der Waals surface area (Å²) < 4.78 is 31.7. The van der Waals surface area contributed by atoms with Crippen LogP contribution in [0.25, 0.3) is 0 Å². The molecule has 0 radical (unpaired) electrons. The summed E-state index contributed by atoms with van der Waals surface area (Å²) in [5.74, 6) is -4.10. The van der Waals surface area contributed by atoms with Gasteiger partial charge in [-0.25, -0.2) is 9.59 Å². The van der Waals surface area contributed by atoms with Gasteiger partial charge in [0.15, 0.2) is 5.96 Å². The van der Waals surface area contributed by atoms with Crippen molar-refractivity contribution in [1.82, 2.24) is 26.6 Å². The number of aromatic hydroxyl groups is 1. The number of nitrogens with one attached hydrogen (secondary N) is 5. The first-order valence-corrected chi connectivity index (χ1v) is 16.7. The highest BCUT2D eigenvalue weighted by atomic mass is 35.5. The standard InChI is InChI=1S/C33H40ClN7O5.C2HF3O2/c34-18-17-28(43)36-20-21-38-33(46)41-32(35)37-19-7-12-27(30(44)39-22-23-13-15-26(42)16-14-23)40-31(45)29(24-8-3-1-4-9-24)25-10-5-2-6-11-25;3-2(4,5)1(6)7/h1-6,8-11,13-16,27,29,42H,7,12,17-22H2,(H,36,43)(H,39,44)(H,40,45)(H4,35,37,38,41,46);(H,6,7)/t27-;/m1./s1. The molecule has 0 saturated heterocycles. The fraction of sp³-hybridized carbons (Fsp3) is 0.314. The molecule has 5 amide bonds. The summed E-state index contributed by atoms with van der Waals surface area (Å²) >= 11 is 5.51. The van der Waals surface area contributed by atoms with Crippen molar-refractivity contribution in [1.29, 1.82) is 0 Å². The van der Waals surface area contributed by atoms with Gasteiger partial charge in [0.2, 0.25) is 17.7 Å². The monoisotopic (exact) mass is 763 g/mol. The van der Waals surface area contributed by atoms with E-state index >= 15 is 0 Å². The molecule has 286 valence electrons. The lowest BCUT2D eigenvalue weighted by molar-refractivity contribution is -0.192. The van der Waals surface area contributed by atoms with E-state index in [2.05, 4.69) is 31.6 Å². The Balaban J connectivity index is 0.00000126. The Morgan fingerprint density at radius 3 is 1.89 bits per heavy atom. The smallest absolute Gasteiger partial charge is 0.490 e. The molecule has 1 atom stereocenters. The van der Waals surface area contributed by atoms with E-state index in [1.807, 2.05) is 60.7 Å². The maximum atomic E-state index is 13.8. The van der Waals surface area contributed by atoms with Crippen molar-refractivity contribution < 1.29 is 47.4 Å². The average Bonchev–Trinajstić information content (AvgIpc) is 3.12. The molecule has 3 aromatic carbocycles.